The Bertz CT molecular complexity index is 567. The maximum atomic E-state index is 5.39. The van der Waals surface area contributed by atoms with E-state index in [9.17, 15) is 0 Å². The van der Waals surface area contributed by atoms with Crippen molar-refractivity contribution >= 4 is 17.6 Å². The number of rotatable bonds is 7. The van der Waals surface area contributed by atoms with E-state index in [2.05, 4.69) is 38.0 Å². The van der Waals surface area contributed by atoms with Gasteiger partial charge < -0.3 is 9.73 Å². The maximum absolute atomic E-state index is 5.39. The molecule has 0 spiro atoms. The molecule has 0 atom stereocenters. The molecule has 5 heteroatoms. The monoisotopic (exact) mass is 305 g/mol. The van der Waals surface area contributed by atoms with E-state index >= 15 is 0 Å². The number of nitrogens with one attached hydrogen (secondary N) is 1. The van der Waals surface area contributed by atoms with E-state index in [4.69, 9.17) is 9.40 Å². The Kier molecular flexibility index (Phi) is 5.67. The van der Waals surface area contributed by atoms with Gasteiger partial charge in [0.1, 0.15) is 22.4 Å². The van der Waals surface area contributed by atoms with Gasteiger partial charge in [-0.15, -0.1) is 0 Å². The predicted octanol–water partition coefficient (Wildman–Crippen LogP) is 4.62. The van der Waals surface area contributed by atoms with Gasteiger partial charge in [-0.05, 0) is 25.5 Å². The van der Waals surface area contributed by atoms with Gasteiger partial charge in [0.2, 0.25) is 0 Å². The normalized spacial score (nSPS) is 11.1. The van der Waals surface area contributed by atoms with Gasteiger partial charge in [0.25, 0.3) is 0 Å². The number of furan rings is 1. The number of hydrogen-bond acceptors (Lipinski definition) is 5. The summed E-state index contributed by atoms with van der Waals surface area (Å²) in [6, 6.07) is 3.90. The minimum absolute atomic E-state index is 0.315. The molecule has 21 heavy (non-hydrogen) atoms. The first-order valence-corrected chi connectivity index (χ1v) is 8.38. The van der Waals surface area contributed by atoms with Crippen LogP contribution in [0.5, 0.6) is 0 Å². The molecule has 2 heterocycles. The highest BCUT2D eigenvalue weighted by Gasteiger charge is 2.13. The van der Waals surface area contributed by atoms with Crippen LogP contribution in [0.1, 0.15) is 50.3 Å². The molecule has 0 aliphatic rings. The molecule has 0 aliphatic heterocycles. The summed E-state index contributed by atoms with van der Waals surface area (Å²) in [5.41, 5.74) is 1.12. The zero-order valence-electron chi connectivity index (χ0n) is 13.1. The molecule has 2 aromatic rings. The summed E-state index contributed by atoms with van der Waals surface area (Å²) in [7, 11) is 0. The Morgan fingerprint density at radius 3 is 2.76 bits per heavy atom. The summed E-state index contributed by atoms with van der Waals surface area (Å²) in [5, 5.41) is 4.43. The Morgan fingerprint density at radius 2 is 2.14 bits per heavy atom. The largest absolute Gasteiger partial charge is 0.468 e. The van der Waals surface area contributed by atoms with Crippen LogP contribution < -0.4 is 5.32 Å². The van der Waals surface area contributed by atoms with Crippen molar-refractivity contribution in [2.45, 2.75) is 50.8 Å². The van der Waals surface area contributed by atoms with E-state index in [0.29, 0.717) is 5.92 Å². The Morgan fingerprint density at radius 1 is 1.33 bits per heavy atom. The van der Waals surface area contributed by atoms with Crippen molar-refractivity contribution in [2.24, 2.45) is 0 Å². The lowest BCUT2D eigenvalue weighted by atomic mass is 10.2. The topological polar surface area (TPSA) is 51.0 Å². The predicted molar refractivity (Wildman–Crippen MR) is 87.9 cm³/mol. The Balaban J connectivity index is 2.22. The Hall–Kier alpha value is -1.49. The van der Waals surface area contributed by atoms with E-state index in [1.807, 2.05) is 12.1 Å². The lowest BCUT2D eigenvalue weighted by Gasteiger charge is -2.14. The Labute approximate surface area is 130 Å². The van der Waals surface area contributed by atoms with Crippen LogP contribution in [0.25, 0.3) is 0 Å². The third-order valence-corrected chi connectivity index (χ3v) is 4.21. The molecule has 0 amide bonds. The SMILES string of the molecule is CCCNc1nc(C(C)C)nc(SCc2ccco2)c1C. The molecule has 0 aliphatic carbocycles. The maximum Gasteiger partial charge on any atom is 0.134 e. The first kappa shape index (κ1) is 15.9. The average Bonchev–Trinajstić information content (AvgIpc) is 2.98. The van der Waals surface area contributed by atoms with Crippen molar-refractivity contribution in [3.05, 3.63) is 35.5 Å². The summed E-state index contributed by atoms with van der Waals surface area (Å²) in [5.74, 6) is 3.91. The highest BCUT2D eigenvalue weighted by Crippen LogP contribution is 2.29. The summed E-state index contributed by atoms with van der Waals surface area (Å²) in [6.45, 7) is 9.40. The molecule has 0 unspecified atom stereocenters. The van der Waals surface area contributed by atoms with Crippen LogP contribution in [0.3, 0.4) is 0 Å². The molecular formula is C16H23N3OS. The number of nitrogens with zero attached hydrogens (tertiary/aromatic N) is 2. The zero-order chi connectivity index (χ0) is 15.2. The molecule has 1 N–H and O–H groups in total. The van der Waals surface area contributed by atoms with Crippen LogP contribution >= 0.6 is 11.8 Å². The highest BCUT2D eigenvalue weighted by atomic mass is 32.2. The van der Waals surface area contributed by atoms with Gasteiger partial charge in [-0.25, -0.2) is 9.97 Å². The van der Waals surface area contributed by atoms with Gasteiger partial charge in [0.15, 0.2) is 0 Å². The van der Waals surface area contributed by atoms with Gasteiger partial charge in [0.05, 0.1) is 12.0 Å². The van der Waals surface area contributed by atoms with E-state index in [1.165, 1.54) is 0 Å². The van der Waals surface area contributed by atoms with Crippen LogP contribution in [0.4, 0.5) is 5.82 Å². The second-order valence-corrected chi connectivity index (χ2v) is 6.27. The summed E-state index contributed by atoms with van der Waals surface area (Å²) in [6.07, 6.45) is 2.78. The van der Waals surface area contributed by atoms with E-state index in [-0.39, 0.29) is 0 Å². The summed E-state index contributed by atoms with van der Waals surface area (Å²) in [4.78, 5) is 9.37. The third kappa shape index (κ3) is 4.24. The van der Waals surface area contributed by atoms with Crippen molar-refractivity contribution < 1.29 is 4.42 Å². The van der Waals surface area contributed by atoms with Crippen LogP contribution in [0, 0.1) is 6.92 Å². The molecule has 4 nitrogen and oxygen atoms in total. The quantitative estimate of drug-likeness (QED) is 0.597. The minimum Gasteiger partial charge on any atom is -0.468 e. The molecule has 0 aromatic carbocycles. The van der Waals surface area contributed by atoms with Crippen LogP contribution in [0.15, 0.2) is 27.8 Å². The fourth-order valence-corrected chi connectivity index (χ4v) is 2.78. The number of anilines is 1. The molecule has 0 radical (unpaired) electrons. The lowest BCUT2D eigenvalue weighted by molar-refractivity contribution is 0.530. The molecule has 2 rings (SSSR count). The fraction of sp³-hybridized carbons (Fsp3) is 0.500. The average molecular weight is 305 g/mol. The first-order valence-electron chi connectivity index (χ1n) is 7.39. The van der Waals surface area contributed by atoms with Crippen LogP contribution in [-0.4, -0.2) is 16.5 Å². The number of thioether (sulfide) groups is 1. The molecule has 114 valence electrons. The van der Waals surface area contributed by atoms with Crippen LogP contribution in [-0.2, 0) is 5.75 Å². The fourth-order valence-electron chi connectivity index (χ4n) is 1.86. The van der Waals surface area contributed by atoms with E-state index < -0.39 is 0 Å². The van der Waals surface area contributed by atoms with Crippen molar-refractivity contribution in [1.82, 2.24) is 9.97 Å². The second kappa shape index (κ2) is 7.50. The van der Waals surface area contributed by atoms with Gasteiger partial charge in [-0.1, -0.05) is 32.5 Å². The standard InChI is InChI=1S/C16H23N3OS/c1-5-8-17-15-12(4)16(19-14(18-15)11(2)3)21-10-13-7-6-9-20-13/h6-7,9,11H,5,8,10H2,1-4H3,(H,17,18,19). The summed E-state index contributed by atoms with van der Waals surface area (Å²) >= 11 is 1.70. The van der Waals surface area contributed by atoms with Crippen molar-refractivity contribution in [3.63, 3.8) is 0 Å². The van der Waals surface area contributed by atoms with E-state index in [1.54, 1.807) is 18.0 Å². The third-order valence-electron chi connectivity index (χ3n) is 3.11. The van der Waals surface area contributed by atoms with Crippen molar-refractivity contribution in [2.75, 3.05) is 11.9 Å². The molecule has 0 bridgehead atoms. The highest BCUT2D eigenvalue weighted by molar-refractivity contribution is 7.98. The van der Waals surface area contributed by atoms with Gasteiger partial charge >= 0.3 is 0 Å². The molecule has 0 fully saturated rings. The smallest absolute Gasteiger partial charge is 0.134 e. The molecule has 0 saturated carbocycles. The number of aromatic nitrogens is 2. The zero-order valence-corrected chi connectivity index (χ0v) is 14.0. The van der Waals surface area contributed by atoms with Gasteiger partial charge in [-0.2, -0.15) is 0 Å². The van der Waals surface area contributed by atoms with Crippen molar-refractivity contribution in [3.8, 4) is 0 Å². The second-order valence-electron chi connectivity index (χ2n) is 5.31. The first-order chi connectivity index (χ1) is 10.1. The van der Waals surface area contributed by atoms with Gasteiger partial charge in [0, 0.05) is 18.0 Å². The minimum atomic E-state index is 0.315. The molecular weight excluding hydrogens is 282 g/mol. The van der Waals surface area contributed by atoms with Crippen LogP contribution in [0.2, 0.25) is 0 Å². The van der Waals surface area contributed by atoms with Crippen molar-refractivity contribution in [1.29, 1.82) is 0 Å². The lowest BCUT2D eigenvalue weighted by Crippen LogP contribution is -2.09. The molecule has 2 aromatic heterocycles. The van der Waals surface area contributed by atoms with Gasteiger partial charge in [-0.3, -0.25) is 0 Å². The number of hydrogen-bond donors (Lipinski definition) is 1. The summed E-state index contributed by atoms with van der Waals surface area (Å²) < 4.78 is 5.39. The van der Waals surface area contributed by atoms with E-state index in [0.717, 1.165) is 46.7 Å². The molecule has 0 saturated heterocycles.